The molecule has 0 aromatic heterocycles. The van der Waals surface area contributed by atoms with Gasteiger partial charge in [0.15, 0.2) is 0 Å². The molecule has 4 heteroatoms. The van der Waals surface area contributed by atoms with E-state index in [0.717, 1.165) is 24.8 Å². The van der Waals surface area contributed by atoms with E-state index in [1.807, 2.05) is 37.3 Å². The fourth-order valence-electron chi connectivity index (χ4n) is 2.41. The second-order valence-electron chi connectivity index (χ2n) is 4.91. The molecule has 1 aliphatic carbocycles. The van der Waals surface area contributed by atoms with Gasteiger partial charge in [-0.2, -0.15) is 0 Å². The first kappa shape index (κ1) is 15.0. The maximum absolute atomic E-state index is 12.0. The molecule has 3 nitrogen and oxygen atoms in total. The summed E-state index contributed by atoms with van der Waals surface area (Å²) in [5.41, 5.74) is 6.97. The molecule has 3 N–H and O–H groups in total. The number of nitrogens with one attached hydrogen (secondary N) is 1. The molecule has 0 aliphatic heterocycles. The molecule has 0 bridgehead atoms. The molecule has 1 fully saturated rings. The predicted octanol–water partition coefficient (Wildman–Crippen LogP) is 2.41. The number of nitrogens with two attached hydrogens (primary N) is 1. The third-order valence-electron chi connectivity index (χ3n) is 3.50. The van der Waals surface area contributed by atoms with Crippen molar-refractivity contribution in [2.75, 3.05) is 0 Å². The molecule has 1 saturated carbocycles. The highest BCUT2D eigenvalue weighted by Crippen LogP contribution is 2.25. The summed E-state index contributed by atoms with van der Waals surface area (Å²) in [5, 5.41) is 3.06. The van der Waals surface area contributed by atoms with Crippen molar-refractivity contribution in [1.29, 1.82) is 0 Å². The summed E-state index contributed by atoms with van der Waals surface area (Å²) in [7, 11) is 0. The molecule has 0 radical (unpaired) electrons. The zero-order valence-electron chi connectivity index (χ0n) is 10.6. The normalized spacial score (nSPS) is 24.1. The molecular weight excluding hydrogens is 248 g/mol. The first-order chi connectivity index (χ1) is 8.16. The van der Waals surface area contributed by atoms with Crippen LogP contribution in [0.4, 0.5) is 0 Å². The molecule has 2 unspecified atom stereocenters. The number of hydrogen-bond donors (Lipinski definition) is 2. The van der Waals surface area contributed by atoms with Gasteiger partial charge in [-0.05, 0) is 31.7 Å². The van der Waals surface area contributed by atoms with Gasteiger partial charge in [-0.15, -0.1) is 12.4 Å². The smallest absolute Gasteiger partial charge is 0.223 e. The number of carbonyl (C=O) groups excluding carboxylic acids is 1. The lowest BCUT2D eigenvalue weighted by Gasteiger charge is -2.17. The highest BCUT2D eigenvalue weighted by Gasteiger charge is 2.28. The first-order valence-corrected chi connectivity index (χ1v) is 6.27. The van der Waals surface area contributed by atoms with Crippen molar-refractivity contribution in [2.24, 2.45) is 11.7 Å². The van der Waals surface area contributed by atoms with Crippen LogP contribution >= 0.6 is 12.4 Å². The van der Waals surface area contributed by atoms with Gasteiger partial charge in [0.25, 0.3) is 0 Å². The molecule has 1 aromatic rings. The van der Waals surface area contributed by atoms with E-state index in [2.05, 4.69) is 5.32 Å². The number of amides is 1. The Labute approximate surface area is 115 Å². The molecule has 1 aromatic carbocycles. The topological polar surface area (TPSA) is 55.1 Å². The van der Waals surface area contributed by atoms with Crippen LogP contribution in [0, 0.1) is 5.92 Å². The Bertz CT molecular complexity index is 383. The average Bonchev–Trinajstić information content (AvgIpc) is 2.77. The summed E-state index contributed by atoms with van der Waals surface area (Å²) in [6.45, 7) is 2.02. The standard InChI is InChI=1S/C14H20N2O.ClH/c1-10(11-5-3-2-4-6-11)16-14(17)12-7-8-13(15)9-12;/h2-6,10,12-13H,7-9,15H2,1H3,(H,16,17);1H/t10-,12?,13?;/m1./s1. The van der Waals surface area contributed by atoms with Crippen molar-refractivity contribution in [3.8, 4) is 0 Å². The zero-order chi connectivity index (χ0) is 12.3. The fourth-order valence-corrected chi connectivity index (χ4v) is 2.41. The van der Waals surface area contributed by atoms with Crippen molar-refractivity contribution < 1.29 is 4.79 Å². The van der Waals surface area contributed by atoms with Crippen LogP contribution < -0.4 is 11.1 Å². The highest BCUT2D eigenvalue weighted by molar-refractivity contribution is 5.85. The van der Waals surface area contributed by atoms with Gasteiger partial charge < -0.3 is 11.1 Å². The Morgan fingerprint density at radius 3 is 2.56 bits per heavy atom. The second-order valence-corrected chi connectivity index (χ2v) is 4.91. The maximum Gasteiger partial charge on any atom is 0.223 e. The third kappa shape index (κ3) is 3.72. The summed E-state index contributed by atoms with van der Waals surface area (Å²) in [4.78, 5) is 12.0. The third-order valence-corrected chi connectivity index (χ3v) is 3.50. The van der Waals surface area contributed by atoms with Crippen molar-refractivity contribution in [3.63, 3.8) is 0 Å². The van der Waals surface area contributed by atoms with Crippen LogP contribution in [0.5, 0.6) is 0 Å². The van der Waals surface area contributed by atoms with E-state index in [4.69, 9.17) is 5.73 Å². The van der Waals surface area contributed by atoms with E-state index in [1.54, 1.807) is 0 Å². The van der Waals surface area contributed by atoms with Gasteiger partial charge in [0.2, 0.25) is 5.91 Å². The number of benzene rings is 1. The van der Waals surface area contributed by atoms with Crippen LogP contribution in [0.3, 0.4) is 0 Å². The Morgan fingerprint density at radius 2 is 2.00 bits per heavy atom. The van der Waals surface area contributed by atoms with Gasteiger partial charge in [-0.1, -0.05) is 30.3 Å². The summed E-state index contributed by atoms with van der Waals surface area (Å²) >= 11 is 0. The van der Waals surface area contributed by atoms with Crippen molar-refractivity contribution in [1.82, 2.24) is 5.32 Å². The lowest BCUT2D eigenvalue weighted by atomic mass is 10.0. The minimum absolute atomic E-state index is 0. The fraction of sp³-hybridized carbons (Fsp3) is 0.500. The largest absolute Gasteiger partial charge is 0.349 e. The second kappa shape index (κ2) is 6.76. The molecule has 1 aliphatic rings. The number of halogens is 1. The molecule has 0 spiro atoms. The number of carbonyl (C=O) groups is 1. The molecule has 0 heterocycles. The minimum atomic E-state index is 0. The van der Waals surface area contributed by atoms with E-state index >= 15 is 0 Å². The Balaban J connectivity index is 0.00000162. The SMILES string of the molecule is C[C@@H](NC(=O)C1CCC(N)C1)c1ccccc1.Cl. The predicted molar refractivity (Wildman–Crippen MR) is 75.6 cm³/mol. The van der Waals surface area contributed by atoms with E-state index in [1.165, 1.54) is 0 Å². The van der Waals surface area contributed by atoms with E-state index in [-0.39, 0.29) is 36.3 Å². The summed E-state index contributed by atoms with van der Waals surface area (Å²) in [6, 6.07) is 10.3. The summed E-state index contributed by atoms with van der Waals surface area (Å²) in [5.74, 6) is 0.255. The average molecular weight is 269 g/mol. The van der Waals surface area contributed by atoms with Crippen molar-refractivity contribution in [2.45, 2.75) is 38.3 Å². The van der Waals surface area contributed by atoms with Crippen molar-refractivity contribution >= 4 is 18.3 Å². The van der Waals surface area contributed by atoms with E-state index < -0.39 is 0 Å². The van der Waals surface area contributed by atoms with Gasteiger partial charge in [0, 0.05) is 12.0 Å². The maximum atomic E-state index is 12.0. The summed E-state index contributed by atoms with van der Waals surface area (Å²) in [6.07, 6.45) is 2.72. The lowest BCUT2D eigenvalue weighted by Crippen LogP contribution is -2.32. The van der Waals surface area contributed by atoms with Gasteiger partial charge >= 0.3 is 0 Å². The Hall–Kier alpha value is -1.06. The Kier molecular flexibility index (Phi) is 5.63. The Morgan fingerprint density at radius 1 is 1.33 bits per heavy atom. The van der Waals surface area contributed by atoms with Crippen LogP contribution in [0.25, 0.3) is 0 Å². The first-order valence-electron chi connectivity index (χ1n) is 6.27. The van der Waals surface area contributed by atoms with Crippen LogP contribution in [-0.2, 0) is 4.79 Å². The highest BCUT2D eigenvalue weighted by atomic mass is 35.5. The van der Waals surface area contributed by atoms with Crippen LogP contribution in [0.2, 0.25) is 0 Å². The molecule has 2 rings (SSSR count). The van der Waals surface area contributed by atoms with Crippen LogP contribution in [-0.4, -0.2) is 11.9 Å². The van der Waals surface area contributed by atoms with E-state index in [9.17, 15) is 4.79 Å². The number of rotatable bonds is 3. The quantitative estimate of drug-likeness (QED) is 0.885. The van der Waals surface area contributed by atoms with Gasteiger partial charge in [0.1, 0.15) is 0 Å². The molecule has 3 atom stereocenters. The number of hydrogen-bond acceptors (Lipinski definition) is 2. The van der Waals surface area contributed by atoms with Gasteiger partial charge in [-0.3, -0.25) is 4.79 Å². The monoisotopic (exact) mass is 268 g/mol. The lowest BCUT2D eigenvalue weighted by molar-refractivity contribution is -0.125. The van der Waals surface area contributed by atoms with Crippen LogP contribution in [0.15, 0.2) is 30.3 Å². The summed E-state index contributed by atoms with van der Waals surface area (Å²) < 4.78 is 0. The van der Waals surface area contributed by atoms with Crippen LogP contribution in [0.1, 0.15) is 37.8 Å². The van der Waals surface area contributed by atoms with Gasteiger partial charge in [-0.25, -0.2) is 0 Å². The van der Waals surface area contributed by atoms with E-state index in [0.29, 0.717) is 0 Å². The molecule has 1 amide bonds. The minimum Gasteiger partial charge on any atom is -0.349 e. The molecule has 0 saturated heterocycles. The molecule has 18 heavy (non-hydrogen) atoms. The molecule has 100 valence electrons. The van der Waals surface area contributed by atoms with Crippen molar-refractivity contribution in [3.05, 3.63) is 35.9 Å². The molecular formula is C14H21ClN2O. The zero-order valence-corrected chi connectivity index (χ0v) is 11.5. The van der Waals surface area contributed by atoms with Gasteiger partial charge in [0.05, 0.1) is 6.04 Å².